The molecule has 1 aromatic heterocycles. The molecule has 1 atom stereocenters. The molecule has 2 aromatic carbocycles. The van der Waals surface area contributed by atoms with Gasteiger partial charge in [0.2, 0.25) is 5.91 Å². The second-order valence-corrected chi connectivity index (χ2v) is 8.53. The zero-order chi connectivity index (χ0) is 20.8. The molecule has 1 N–H and O–H groups in total. The van der Waals surface area contributed by atoms with E-state index in [4.69, 9.17) is 4.74 Å². The standard InChI is InChI=1S/C23H28N4O2S/c1-29-20-6-2-4-18(12-20)14-24-23(28)10-8-17-5-3-11-27(15-17)16-19-7-9-21-22(13-19)26-30-25-21/h2,4,6-7,9,12-13,17H,3,5,8,10-11,14-16H2,1H3,(H,24,28). The highest BCUT2D eigenvalue weighted by molar-refractivity contribution is 7.00. The summed E-state index contributed by atoms with van der Waals surface area (Å²) in [5, 5.41) is 3.04. The number of methoxy groups -OCH3 is 1. The molecule has 1 unspecified atom stereocenters. The van der Waals surface area contributed by atoms with Crippen molar-refractivity contribution >= 4 is 28.7 Å². The summed E-state index contributed by atoms with van der Waals surface area (Å²) >= 11 is 1.26. The summed E-state index contributed by atoms with van der Waals surface area (Å²) in [6, 6.07) is 14.2. The van der Waals surface area contributed by atoms with Crippen molar-refractivity contribution in [2.75, 3.05) is 20.2 Å². The summed E-state index contributed by atoms with van der Waals surface area (Å²) in [6.45, 7) is 3.65. The minimum atomic E-state index is 0.122. The van der Waals surface area contributed by atoms with Crippen molar-refractivity contribution < 1.29 is 9.53 Å². The lowest BCUT2D eigenvalue weighted by Crippen LogP contribution is -2.35. The number of nitrogens with zero attached hydrogens (tertiary/aromatic N) is 3. The maximum absolute atomic E-state index is 12.3. The van der Waals surface area contributed by atoms with E-state index in [1.54, 1.807) is 7.11 Å². The summed E-state index contributed by atoms with van der Waals surface area (Å²) < 4.78 is 13.9. The third-order valence-electron chi connectivity index (χ3n) is 5.73. The predicted molar refractivity (Wildman–Crippen MR) is 119 cm³/mol. The number of hydrogen-bond acceptors (Lipinski definition) is 6. The number of hydrogen-bond donors (Lipinski definition) is 1. The highest BCUT2D eigenvalue weighted by Crippen LogP contribution is 2.23. The van der Waals surface area contributed by atoms with Gasteiger partial charge in [0.1, 0.15) is 16.8 Å². The molecule has 3 aromatic rings. The van der Waals surface area contributed by atoms with E-state index >= 15 is 0 Å². The Morgan fingerprint density at radius 2 is 2.10 bits per heavy atom. The molecule has 7 heteroatoms. The highest BCUT2D eigenvalue weighted by Gasteiger charge is 2.21. The monoisotopic (exact) mass is 424 g/mol. The van der Waals surface area contributed by atoms with Gasteiger partial charge in [0.05, 0.1) is 18.8 Å². The van der Waals surface area contributed by atoms with Gasteiger partial charge in [-0.2, -0.15) is 8.75 Å². The normalized spacial score (nSPS) is 17.2. The molecule has 1 saturated heterocycles. The van der Waals surface area contributed by atoms with Crippen LogP contribution in [0.25, 0.3) is 11.0 Å². The Hall–Kier alpha value is -2.51. The predicted octanol–water partition coefficient (Wildman–Crippen LogP) is 4.01. The summed E-state index contributed by atoms with van der Waals surface area (Å²) in [5.74, 6) is 1.51. The molecule has 6 nitrogen and oxygen atoms in total. The largest absolute Gasteiger partial charge is 0.497 e. The SMILES string of the molecule is COc1cccc(CNC(=O)CCC2CCCN(Cc3ccc4nsnc4c3)C2)c1. The number of piperidine rings is 1. The highest BCUT2D eigenvalue weighted by atomic mass is 32.1. The molecule has 1 aliphatic rings. The Balaban J connectivity index is 1.22. The van der Waals surface area contributed by atoms with Crippen molar-refractivity contribution in [2.45, 2.75) is 38.8 Å². The second kappa shape index (κ2) is 10.00. The zero-order valence-corrected chi connectivity index (χ0v) is 18.2. The first-order valence-corrected chi connectivity index (χ1v) is 11.3. The smallest absolute Gasteiger partial charge is 0.220 e. The van der Waals surface area contributed by atoms with Gasteiger partial charge < -0.3 is 10.1 Å². The van der Waals surface area contributed by atoms with Crippen LogP contribution in [0.1, 0.15) is 36.8 Å². The number of carbonyl (C=O) groups is 1. The minimum Gasteiger partial charge on any atom is -0.497 e. The third kappa shape index (κ3) is 5.55. The molecule has 0 saturated carbocycles. The van der Waals surface area contributed by atoms with Crippen molar-refractivity contribution in [1.29, 1.82) is 0 Å². The topological polar surface area (TPSA) is 67.3 Å². The fraction of sp³-hybridized carbons (Fsp3) is 0.435. The van der Waals surface area contributed by atoms with Crippen LogP contribution in [0.15, 0.2) is 42.5 Å². The zero-order valence-electron chi connectivity index (χ0n) is 17.3. The molecule has 0 bridgehead atoms. The number of likely N-dealkylation sites (tertiary alicyclic amines) is 1. The van der Waals surface area contributed by atoms with Crippen LogP contribution < -0.4 is 10.1 Å². The van der Waals surface area contributed by atoms with E-state index in [1.165, 1.54) is 30.1 Å². The number of ether oxygens (including phenoxy) is 1. The molecule has 1 fully saturated rings. The Morgan fingerprint density at radius 3 is 3.00 bits per heavy atom. The van der Waals surface area contributed by atoms with Crippen molar-refractivity contribution in [1.82, 2.24) is 19.0 Å². The van der Waals surface area contributed by atoms with E-state index in [9.17, 15) is 4.79 Å². The molecule has 30 heavy (non-hydrogen) atoms. The van der Waals surface area contributed by atoms with Crippen LogP contribution >= 0.6 is 11.7 Å². The Bertz CT molecular complexity index is 990. The molecule has 4 rings (SSSR count). The van der Waals surface area contributed by atoms with Gasteiger partial charge in [0.25, 0.3) is 0 Å². The van der Waals surface area contributed by atoms with Gasteiger partial charge in [-0.25, -0.2) is 0 Å². The number of carbonyl (C=O) groups excluding carboxylic acids is 1. The van der Waals surface area contributed by atoms with Gasteiger partial charge in [0.15, 0.2) is 0 Å². The first-order valence-electron chi connectivity index (χ1n) is 10.5. The summed E-state index contributed by atoms with van der Waals surface area (Å²) in [4.78, 5) is 14.8. The lowest BCUT2D eigenvalue weighted by atomic mass is 9.93. The van der Waals surface area contributed by atoms with E-state index < -0.39 is 0 Å². The number of fused-ring (bicyclic) bond motifs is 1. The van der Waals surface area contributed by atoms with E-state index in [2.05, 4.69) is 37.2 Å². The summed E-state index contributed by atoms with van der Waals surface area (Å²) in [5.41, 5.74) is 4.30. The maximum atomic E-state index is 12.3. The van der Waals surface area contributed by atoms with Gasteiger partial charge in [-0.15, -0.1) is 0 Å². The average molecular weight is 425 g/mol. The Kier molecular flexibility index (Phi) is 6.92. The third-order valence-corrected chi connectivity index (χ3v) is 6.29. The van der Waals surface area contributed by atoms with Crippen LogP contribution in [0.3, 0.4) is 0 Å². The Labute approximate surface area is 181 Å². The van der Waals surface area contributed by atoms with E-state index in [0.717, 1.165) is 48.4 Å². The molecule has 158 valence electrons. The summed E-state index contributed by atoms with van der Waals surface area (Å²) in [6.07, 6.45) is 3.92. The van der Waals surface area contributed by atoms with Crippen molar-refractivity contribution in [3.05, 3.63) is 53.6 Å². The second-order valence-electron chi connectivity index (χ2n) is 8.00. The fourth-order valence-electron chi connectivity index (χ4n) is 4.12. The summed E-state index contributed by atoms with van der Waals surface area (Å²) in [7, 11) is 1.65. The van der Waals surface area contributed by atoms with Crippen LogP contribution in [-0.4, -0.2) is 39.8 Å². The minimum absolute atomic E-state index is 0.122. The van der Waals surface area contributed by atoms with Gasteiger partial charge >= 0.3 is 0 Å². The first-order chi connectivity index (χ1) is 14.7. The fourth-order valence-corrected chi connectivity index (χ4v) is 4.64. The number of aromatic nitrogens is 2. The van der Waals surface area contributed by atoms with Gasteiger partial charge in [-0.1, -0.05) is 18.2 Å². The van der Waals surface area contributed by atoms with Crippen molar-refractivity contribution in [2.24, 2.45) is 5.92 Å². The van der Waals surface area contributed by atoms with Crippen LogP contribution in [-0.2, 0) is 17.9 Å². The van der Waals surface area contributed by atoms with Crippen molar-refractivity contribution in [3.63, 3.8) is 0 Å². The van der Waals surface area contributed by atoms with Crippen LogP contribution in [0, 0.1) is 5.92 Å². The van der Waals surface area contributed by atoms with E-state index in [1.807, 2.05) is 24.3 Å². The lowest BCUT2D eigenvalue weighted by Gasteiger charge is -2.32. The molecule has 1 aliphatic heterocycles. The Morgan fingerprint density at radius 1 is 1.20 bits per heavy atom. The number of nitrogens with one attached hydrogen (secondary N) is 1. The van der Waals surface area contributed by atoms with Gasteiger partial charge in [-0.05, 0) is 67.1 Å². The molecule has 1 amide bonds. The van der Waals surface area contributed by atoms with E-state index in [-0.39, 0.29) is 5.91 Å². The molecule has 0 aliphatic carbocycles. The molecule has 0 radical (unpaired) electrons. The maximum Gasteiger partial charge on any atom is 0.220 e. The quantitative estimate of drug-likeness (QED) is 0.592. The lowest BCUT2D eigenvalue weighted by molar-refractivity contribution is -0.121. The number of rotatable bonds is 8. The van der Waals surface area contributed by atoms with Crippen molar-refractivity contribution in [3.8, 4) is 5.75 Å². The number of benzene rings is 2. The molecule has 0 spiro atoms. The van der Waals surface area contributed by atoms with Gasteiger partial charge in [0, 0.05) is 26.1 Å². The van der Waals surface area contributed by atoms with Crippen LogP contribution in [0.5, 0.6) is 5.75 Å². The van der Waals surface area contributed by atoms with E-state index in [0.29, 0.717) is 18.9 Å². The van der Waals surface area contributed by atoms with Crippen LogP contribution in [0.4, 0.5) is 0 Å². The average Bonchev–Trinajstić information content (AvgIpc) is 3.24. The van der Waals surface area contributed by atoms with Crippen LogP contribution in [0.2, 0.25) is 0 Å². The molecule has 2 heterocycles. The van der Waals surface area contributed by atoms with Gasteiger partial charge in [-0.3, -0.25) is 9.69 Å². The number of amides is 1. The molecular weight excluding hydrogens is 396 g/mol. The first kappa shape index (κ1) is 20.8. The molecular formula is C23H28N4O2S.